The molecule has 0 aliphatic rings. The minimum absolute atomic E-state index is 0.0659. The van der Waals surface area contributed by atoms with Crippen molar-refractivity contribution in [3.05, 3.63) is 65.5 Å². The molecule has 0 radical (unpaired) electrons. The van der Waals surface area contributed by atoms with E-state index in [1.54, 1.807) is 0 Å². The number of carbonyl (C=O) groups excluding carboxylic acids is 1. The average molecular weight is 387 g/mol. The highest BCUT2D eigenvalue weighted by Crippen LogP contribution is 2.17. The van der Waals surface area contributed by atoms with Gasteiger partial charge in [0.25, 0.3) is 0 Å². The lowest BCUT2D eigenvalue weighted by molar-refractivity contribution is 0.0600. The van der Waals surface area contributed by atoms with Crippen molar-refractivity contribution < 1.29 is 22.5 Å². The molecule has 0 unspecified atom stereocenters. The number of benzene rings is 2. The number of aryl methyl sites for hydroxylation is 1. The van der Waals surface area contributed by atoms with Gasteiger partial charge in [0.2, 0.25) is 21.7 Å². The molecule has 140 valence electrons. The van der Waals surface area contributed by atoms with Gasteiger partial charge in [-0.3, -0.25) is 0 Å². The normalized spacial score (nSPS) is 11.3. The lowest BCUT2D eigenvalue weighted by Crippen LogP contribution is -2.23. The number of ether oxygens (including phenoxy) is 1. The molecule has 0 fully saturated rings. The van der Waals surface area contributed by atoms with Crippen molar-refractivity contribution in [2.24, 2.45) is 0 Å². The highest BCUT2D eigenvalue weighted by molar-refractivity contribution is 7.89. The van der Waals surface area contributed by atoms with Gasteiger partial charge in [0.05, 0.1) is 24.1 Å². The number of hydrogen-bond acceptors (Lipinski definition) is 7. The van der Waals surface area contributed by atoms with Gasteiger partial charge in [0.1, 0.15) is 0 Å². The van der Waals surface area contributed by atoms with E-state index in [9.17, 15) is 13.2 Å². The third kappa shape index (κ3) is 4.39. The van der Waals surface area contributed by atoms with Crippen LogP contribution in [0, 0.1) is 6.92 Å². The van der Waals surface area contributed by atoms with Gasteiger partial charge in [-0.2, -0.15) is 4.98 Å². The lowest BCUT2D eigenvalue weighted by Gasteiger charge is -2.06. The van der Waals surface area contributed by atoms with Gasteiger partial charge >= 0.3 is 5.97 Å². The molecule has 0 spiro atoms. The summed E-state index contributed by atoms with van der Waals surface area (Å²) in [7, 11) is -2.65. The predicted molar refractivity (Wildman–Crippen MR) is 96.3 cm³/mol. The number of nitrogens with one attached hydrogen (secondary N) is 1. The highest BCUT2D eigenvalue weighted by atomic mass is 32.2. The van der Waals surface area contributed by atoms with Crippen molar-refractivity contribution in [1.29, 1.82) is 0 Å². The number of esters is 1. The molecule has 27 heavy (non-hydrogen) atoms. The minimum atomic E-state index is -3.87. The third-order valence-corrected chi connectivity index (χ3v) is 5.12. The van der Waals surface area contributed by atoms with Crippen LogP contribution in [0.4, 0.5) is 0 Å². The molecule has 2 aromatic carbocycles. The Labute approximate surface area is 156 Å². The fraction of sp³-hybridized carbons (Fsp3) is 0.167. The van der Waals surface area contributed by atoms with Gasteiger partial charge in [0.15, 0.2) is 0 Å². The molecule has 0 amide bonds. The molecular weight excluding hydrogens is 370 g/mol. The van der Waals surface area contributed by atoms with Crippen LogP contribution < -0.4 is 4.72 Å². The zero-order chi connectivity index (χ0) is 19.4. The standard InChI is InChI=1S/C18H17N3O5S/c1-12-5-3-6-13(9-12)17-20-16(26-21-17)11-19-27(23,24)15-8-4-7-14(10-15)18(22)25-2/h3-10,19H,11H2,1-2H3. The fourth-order valence-electron chi connectivity index (χ4n) is 2.38. The smallest absolute Gasteiger partial charge is 0.337 e. The Bertz CT molecular complexity index is 1080. The second-order valence-corrected chi connectivity index (χ2v) is 7.49. The number of nitrogens with zero attached hydrogens (tertiary/aromatic N) is 2. The summed E-state index contributed by atoms with van der Waals surface area (Å²) in [5.41, 5.74) is 1.96. The zero-order valence-corrected chi connectivity index (χ0v) is 15.5. The summed E-state index contributed by atoms with van der Waals surface area (Å²) in [5, 5.41) is 3.87. The third-order valence-electron chi connectivity index (χ3n) is 3.72. The predicted octanol–water partition coefficient (Wildman–Crippen LogP) is 2.31. The number of rotatable bonds is 6. The maximum absolute atomic E-state index is 12.4. The molecule has 0 aliphatic carbocycles. The van der Waals surface area contributed by atoms with Crippen LogP contribution in [0.25, 0.3) is 11.4 Å². The van der Waals surface area contributed by atoms with E-state index in [0.29, 0.717) is 5.82 Å². The maximum Gasteiger partial charge on any atom is 0.337 e. The van der Waals surface area contributed by atoms with Gasteiger partial charge in [0, 0.05) is 5.56 Å². The van der Waals surface area contributed by atoms with Gasteiger partial charge in [-0.25, -0.2) is 17.9 Å². The molecule has 0 aliphatic heterocycles. The van der Waals surface area contributed by atoms with E-state index in [1.165, 1.54) is 31.4 Å². The molecule has 0 bridgehead atoms. The topological polar surface area (TPSA) is 111 Å². The first kappa shape index (κ1) is 18.7. The molecule has 1 heterocycles. The summed E-state index contributed by atoms with van der Waals surface area (Å²) < 4.78 is 37.0. The van der Waals surface area contributed by atoms with Crippen LogP contribution in [-0.4, -0.2) is 31.6 Å². The monoisotopic (exact) mass is 387 g/mol. The van der Waals surface area contributed by atoms with Crippen LogP contribution in [0.3, 0.4) is 0 Å². The van der Waals surface area contributed by atoms with Crippen molar-refractivity contribution >= 4 is 16.0 Å². The first-order chi connectivity index (χ1) is 12.9. The maximum atomic E-state index is 12.4. The van der Waals surface area contributed by atoms with Crippen molar-refractivity contribution in [1.82, 2.24) is 14.9 Å². The van der Waals surface area contributed by atoms with Crippen LogP contribution in [-0.2, 0) is 21.3 Å². The first-order valence-electron chi connectivity index (χ1n) is 7.97. The Hall–Kier alpha value is -3.04. The van der Waals surface area contributed by atoms with E-state index in [0.717, 1.165) is 11.1 Å². The highest BCUT2D eigenvalue weighted by Gasteiger charge is 2.18. The molecule has 3 aromatic rings. The Morgan fingerprint density at radius 1 is 1.19 bits per heavy atom. The van der Waals surface area contributed by atoms with Crippen LogP contribution >= 0.6 is 0 Å². The van der Waals surface area contributed by atoms with E-state index in [1.807, 2.05) is 31.2 Å². The van der Waals surface area contributed by atoms with Gasteiger partial charge in [-0.15, -0.1) is 0 Å². The van der Waals surface area contributed by atoms with E-state index < -0.39 is 16.0 Å². The number of aromatic nitrogens is 2. The molecule has 0 atom stereocenters. The van der Waals surface area contributed by atoms with E-state index in [4.69, 9.17) is 4.52 Å². The number of sulfonamides is 1. The second kappa shape index (κ2) is 7.68. The van der Waals surface area contributed by atoms with Gasteiger partial charge in [-0.05, 0) is 31.2 Å². The van der Waals surface area contributed by atoms with E-state index in [2.05, 4.69) is 19.6 Å². The van der Waals surface area contributed by atoms with Crippen molar-refractivity contribution in [3.63, 3.8) is 0 Å². The summed E-state index contributed by atoms with van der Waals surface area (Å²) in [6.07, 6.45) is 0. The minimum Gasteiger partial charge on any atom is -0.465 e. The summed E-state index contributed by atoms with van der Waals surface area (Å²) >= 11 is 0. The molecular formula is C18H17N3O5S. The average Bonchev–Trinajstić information content (AvgIpc) is 3.15. The molecule has 3 rings (SSSR count). The quantitative estimate of drug-likeness (QED) is 0.646. The SMILES string of the molecule is COC(=O)c1cccc(S(=O)(=O)NCc2nc(-c3cccc(C)c3)no2)c1. The number of hydrogen-bond donors (Lipinski definition) is 1. The Balaban J connectivity index is 1.74. The molecule has 0 saturated carbocycles. The first-order valence-corrected chi connectivity index (χ1v) is 9.45. The summed E-state index contributed by atoms with van der Waals surface area (Å²) in [6.45, 7) is 1.77. The van der Waals surface area contributed by atoms with E-state index >= 15 is 0 Å². The van der Waals surface area contributed by atoms with Gasteiger partial charge < -0.3 is 9.26 Å². The Kier molecular flexibility index (Phi) is 5.33. The summed E-state index contributed by atoms with van der Waals surface area (Å²) in [4.78, 5) is 15.7. The van der Waals surface area contributed by atoms with Crippen molar-refractivity contribution in [2.75, 3.05) is 7.11 Å². The van der Waals surface area contributed by atoms with Crippen LogP contribution in [0.5, 0.6) is 0 Å². The zero-order valence-electron chi connectivity index (χ0n) is 14.7. The molecule has 0 saturated heterocycles. The van der Waals surface area contributed by atoms with Gasteiger partial charge in [-0.1, -0.05) is 35.0 Å². The lowest BCUT2D eigenvalue weighted by atomic mass is 10.1. The molecule has 9 heteroatoms. The number of carbonyl (C=O) groups is 1. The molecule has 1 N–H and O–H groups in total. The Morgan fingerprint density at radius 2 is 1.96 bits per heavy atom. The van der Waals surface area contributed by atoms with Crippen molar-refractivity contribution in [2.45, 2.75) is 18.4 Å². The molecule has 1 aromatic heterocycles. The number of methoxy groups -OCH3 is 1. The fourth-order valence-corrected chi connectivity index (χ4v) is 3.40. The Morgan fingerprint density at radius 3 is 2.70 bits per heavy atom. The summed E-state index contributed by atoms with van der Waals surface area (Å²) in [6, 6.07) is 13.1. The van der Waals surface area contributed by atoms with Crippen LogP contribution in [0.1, 0.15) is 21.8 Å². The van der Waals surface area contributed by atoms with Crippen molar-refractivity contribution in [3.8, 4) is 11.4 Å². The summed E-state index contributed by atoms with van der Waals surface area (Å²) in [5.74, 6) is -0.119. The van der Waals surface area contributed by atoms with Crippen LogP contribution in [0.15, 0.2) is 57.9 Å². The van der Waals surface area contributed by atoms with Crippen LogP contribution in [0.2, 0.25) is 0 Å². The molecule has 8 nitrogen and oxygen atoms in total. The largest absolute Gasteiger partial charge is 0.465 e. The van der Waals surface area contributed by atoms with E-state index in [-0.39, 0.29) is 22.9 Å². The second-order valence-electron chi connectivity index (χ2n) is 5.73.